The van der Waals surface area contributed by atoms with Crippen LogP contribution < -0.4 is 10.1 Å². The zero-order chi connectivity index (χ0) is 24.8. The molecule has 6 heteroatoms. The number of carbonyl (C=O) groups excluding carboxylic acids is 2. The summed E-state index contributed by atoms with van der Waals surface area (Å²) < 4.78 is 12.2. The third-order valence-electron chi connectivity index (χ3n) is 6.03. The van der Waals surface area contributed by atoms with Crippen molar-refractivity contribution in [3.05, 3.63) is 93.5 Å². The number of allylic oxidation sites excluding steroid dienone is 2. The molecule has 1 aliphatic carbocycles. The smallest absolute Gasteiger partial charge is 0.337 e. The number of nitrogens with one attached hydrogen (secondary N) is 1. The van der Waals surface area contributed by atoms with Crippen LogP contribution in [0.3, 0.4) is 0 Å². The van der Waals surface area contributed by atoms with Gasteiger partial charge < -0.3 is 14.8 Å². The lowest BCUT2D eigenvalue weighted by Gasteiger charge is -2.16. The molecule has 0 radical (unpaired) electrons. The summed E-state index contributed by atoms with van der Waals surface area (Å²) in [5.74, 6) is 0.269. The first-order chi connectivity index (χ1) is 17.0. The largest absolute Gasteiger partial charge is 0.488 e. The molecule has 0 bridgehead atoms. The average Bonchev–Trinajstić information content (AvgIpc) is 3.37. The van der Waals surface area contributed by atoms with Gasteiger partial charge in [0.25, 0.3) is 0 Å². The summed E-state index contributed by atoms with van der Waals surface area (Å²) in [6.45, 7) is 2.27. The normalized spacial score (nSPS) is 13.0. The van der Waals surface area contributed by atoms with E-state index in [9.17, 15) is 9.59 Å². The predicted octanol–water partition coefficient (Wildman–Crippen LogP) is 7.26. The molecule has 35 heavy (non-hydrogen) atoms. The van der Waals surface area contributed by atoms with E-state index in [-0.39, 0.29) is 5.91 Å². The highest BCUT2D eigenvalue weighted by Gasteiger charge is 2.23. The summed E-state index contributed by atoms with van der Waals surface area (Å²) in [6, 6.07) is 21.6. The number of carbonyl (C=O) groups is 2. The molecular formula is C29H28BrNO4. The molecule has 1 amide bonds. The van der Waals surface area contributed by atoms with Crippen molar-refractivity contribution < 1.29 is 19.1 Å². The first kappa shape index (κ1) is 24.7. The molecular weight excluding hydrogens is 506 g/mol. The van der Waals surface area contributed by atoms with Gasteiger partial charge in [-0.3, -0.25) is 4.79 Å². The fourth-order valence-corrected chi connectivity index (χ4v) is 4.68. The van der Waals surface area contributed by atoms with Crippen LogP contribution >= 0.6 is 15.9 Å². The molecule has 0 spiro atoms. The Labute approximate surface area is 214 Å². The van der Waals surface area contributed by atoms with Crippen molar-refractivity contribution in [3.8, 4) is 5.75 Å². The number of hydrogen-bond donors (Lipinski definition) is 1. The van der Waals surface area contributed by atoms with E-state index >= 15 is 0 Å². The van der Waals surface area contributed by atoms with Crippen LogP contribution in [0.2, 0.25) is 0 Å². The Morgan fingerprint density at radius 2 is 1.74 bits per heavy atom. The first-order valence-corrected chi connectivity index (χ1v) is 12.5. The third kappa shape index (κ3) is 6.01. The fraction of sp³-hybridized carbons (Fsp3) is 0.241. The highest BCUT2D eigenvalue weighted by molar-refractivity contribution is 9.10. The molecule has 1 N–H and O–H groups in total. The van der Waals surface area contributed by atoms with Crippen molar-refractivity contribution in [2.24, 2.45) is 0 Å². The van der Waals surface area contributed by atoms with Crippen molar-refractivity contribution in [1.82, 2.24) is 0 Å². The number of rotatable bonds is 8. The van der Waals surface area contributed by atoms with Crippen molar-refractivity contribution in [2.45, 2.75) is 39.2 Å². The monoisotopic (exact) mass is 533 g/mol. The summed E-state index contributed by atoms with van der Waals surface area (Å²) in [5.41, 5.74) is 6.36. The van der Waals surface area contributed by atoms with Crippen LogP contribution in [-0.2, 0) is 16.1 Å². The minimum Gasteiger partial charge on any atom is -0.488 e. The average molecular weight is 534 g/mol. The van der Waals surface area contributed by atoms with Gasteiger partial charge in [0.05, 0.1) is 12.7 Å². The second-order valence-corrected chi connectivity index (χ2v) is 9.33. The molecule has 0 atom stereocenters. The van der Waals surface area contributed by atoms with Crippen LogP contribution in [-0.4, -0.2) is 19.0 Å². The molecule has 3 aromatic carbocycles. The topological polar surface area (TPSA) is 64.6 Å². The number of ether oxygens (including phenoxy) is 2. The van der Waals surface area contributed by atoms with E-state index < -0.39 is 5.97 Å². The molecule has 3 aromatic rings. The molecule has 0 unspecified atom stereocenters. The number of esters is 1. The van der Waals surface area contributed by atoms with Crippen molar-refractivity contribution in [1.29, 1.82) is 0 Å². The number of amides is 1. The van der Waals surface area contributed by atoms with Crippen molar-refractivity contribution in [2.75, 3.05) is 12.4 Å². The number of methoxy groups -OCH3 is 1. The van der Waals surface area contributed by atoms with E-state index in [1.807, 2.05) is 54.6 Å². The minimum atomic E-state index is -0.437. The lowest BCUT2D eigenvalue weighted by molar-refractivity contribution is -0.115. The zero-order valence-electron chi connectivity index (χ0n) is 19.9. The Morgan fingerprint density at radius 1 is 0.971 bits per heavy atom. The maximum atomic E-state index is 12.4. The second-order valence-electron chi connectivity index (χ2n) is 8.42. The Bertz CT molecular complexity index is 1270. The van der Waals surface area contributed by atoms with Crippen LogP contribution in [0.5, 0.6) is 5.75 Å². The second kappa shape index (κ2) is 11.4. The van der Waals surface area contributed by atoms with E-state index in [1.165, 1.54) is 12.7 Å². The summed E-state index contributed by atoms with van der Waals surface area (Å²) >= 11 is 3.62. The number of anilines is 1. The van der Waals surface area contributed by atoms with Gasteiger partial charge in [0.2, 0.25) is 5.91 Å². The number of benzene rings is 3. The van der Waals surface area contributed by atoms with E-state index in [4.69, 9.17) is 9.47 Å². The molecule has 0 aliphatic heterocycles. The fourth-order valence-electron chi connectivity index (χ4n) is 4.32. The van der Waals surface area contributed by atoms with Crippen LogP contribution in [0, 0.1) is 0 Å². The summed E-state index contributed by atoms with van der Waals surface area (Å²) in [7, 11) is 1.36. The molecule has 0 saturated heterocycles. The molecule has 180 valence electrons. The third-order valence-corrected chi connectivity index (χ3v) is 6.52. The van der Waals surface area contributed by atoms with E-state index in [1.54, 1.807) is 13.0 Å². The minimum absolute atomic E-state index is 0.109. The van der Waals surface area contributed by atoms with Crippen LogP contribution in [0.25, 0.3) is 11.1 Å². The predicted molar refractivity (Wildman–Crippen MR) is 142 cm³/mol. The SMILES string of the molecule is CCC(=O)Nc1cc(C(=O)OC)cc(C2=C(c3cc(Br)ccc3OCc3ccccc3)CCC2)c1. The highest BCUT2D eigenvalue weighted by Crippen LogP contribution is 2.44. The van der Waals surface area contributed by atoms with E-state index in [2.05, 4.69) is 27.3 Å². The molecule has 0 heterocycles. The molecule has 0 saturated carbocycles. The van der Waals surface area contributed by atoms with Gasteiger partial charge in [-0.15, -0.1) is 0 Å². The Kier molecular flexibility index (Phi) is 8.03. The summed E-state index contributed by atoms with van der Waals surface area (Å²) in [5, 5.41) is 2.89. The lowest BCUT2D eigenvalue weighted by Crippen LogP contribution is -2.11. The standard InChI is InChI=1S/C29H28BrNO4/c1-3-28(32)31-23-15-20(14-21(16-23)29(33)34-2)24-10-7-11-25(24)26-17-22(30)12-13-27(26)35-18-19-8-5-4-6-9-19/h4-6,8-9,12-17H,3,7,10-11,18H2,1-2H3,(H,31,32). The summed E-state index contributed by atoms with van der Waals surface area (Å²) in [6.07, 6.45) is 3.11. The number of hydrogen-bond acceptors (Lipinski definition) is 4. The molecule has 4 rings (SSSR count). The van der Waals surface area contributed by atoms with Crippen molar-refractivity contribution in [3.63, 3.8) is 0 Å². The molecule has 1 aliphatic rings. The molecule has 0 fully saturated rings. The van der Waals surface area contributed by atoms with Gasteiger partial charge in [0, 0.05) is 22.1 Å². The van der Waals surface area contributed by atoms with Gasteiger partial charge in [-0.05, 0) is 77.9 Å². The van der Waals surface area contributed by atoms with Gasteiger partial charge in [-0.2, -0.15) is 0 Å². The first-order valence-electron chi connectivity index (χ1n) is 11.7. The Hall–Kier alpha value is -3.38. The van der Waals surface area contributed by atoms with Crippen LogP contribution in [0.1, 0.15) is 59.7 Å². The van der Waals surface area contributed by atoms with Crippen molar-refractivity contribution >= 4 is 44.6 Å². The highest BCUT2D eigenvalue weighted by atomic mass is 79.9. The van der Waals surface area contributed by atoms with Crippen LogP contribution in [0.4, 0.5) is 5.69 Å². The van der Waals surface area contributed by atoms with Crippen LogP contribution in [0.15, 0.2) is 71.2 Å². The maximum Gasteiger partial charge on any atom is 0.337 e. The molecule has 0 aromatic heterocycles. The van der Waals surface area contributed by atoms with Gasteiger partial charge in [0.1, 0.15) is 12.4 Å². The summed E-state index contributed by atoms with van der Waals surface area (Å²) in [4.78, 5) is 24.4. The lowest BCUT2D eigenvalue weighted by atomic mass is 9.94. The van der Waals surface area contributed by atoms with Gasteiger partial charge in [0.15, 0.2) is 0 Å². The Morgan fingerprint density at radius 3 is 2.49 bits per heavy atom. The van der Waals surface area contributed by atoms with Gasteiger partial charge in [-0.25, -0.2) is 4.79 Å². The molecule has 5 nitrogen and oxygen atoms in total. The van der Waals surface area contributed by atoms with E-state index in [0.717, 1.165) is 51.7 Å². The van der Waals surface area contributed by atoms with Gasteiger partial charge >= 0.3 is 5.97 Å². The number of halogens is 1. The van der Waals surface area contributed by atoms with Gasteiger partial charge in [-0.1, -0.05) is 53.2 Å². The Balaban J connectivity index is 1.76. The van der Waals surface area contributed by atoms with E-state index in [0.29, 0.717) is 24.3 Å². The quantitative estimate of drug-likeness (QED) is 0.309. The zero-order valence-corrected chi connectivity index (χ0v) is 21.5. The maximum absolute atomic E-state index is 12.4.